The van der Waals surface area contributed by atoms with Crippen molar-refractivity contribution in [1.29, 1.82) is 0 Å². The van der Waals surface area contributed by atoms with Crippen LogP contribution in [0.25, 0.3) is 11.4 Å². The molecule has 0 saturated carbocycles. The summed E-state index contributed by atoms with van der Waals surface area (Å²) in [4.78, 5) is 4.09. The molecule has 2 heterocycles. The molecule has 0 bridgehead atoms. The number of benzene rings is 1. The zero-order valence-corrected chi connectivity index (χ0v) is 11.1. The molecule has 3 rings (SSSR count). The Morgan fingerprint density at radius 1 is 1.29 bits per heavy atom. The molecule has 1 saturated heterocycles. The number of aromatic nitrogens is 2. The molecule has 1 aromatic heterocycles. The molecule has 1 aromatic carbocycles. The van der Waals surface area contributed by atoms with E-state index in [1.54, 1.807) is 7.11 Å². The number of nitrogens with one attached hydrogen (secondary N) is 1. The first-order valence-corrected chi connectivity index (χ1v) is 6.33. The molecule has 0 unspecified atom stereocenters. The fraction of sp³-hybridized carbons (Fsp3) is 0.385. The van der Waals surface area contributed by atoms with Crippen LogP contribution in [-0.2, 0) is 4.74 Å². The average molecular weight is 299 g/mol. The van der Waals surface area contributed by atoms with Crippen molar-refractivity contribution < 1.29 is 22.4 Å². The smallest absolute Gasteiger partial charge is 0.244 e. The minimum absolute atomic E-state index is 0.00506. The third-order valence-electron chi connectivity index (χ3n) is 3.41. The van der Waals surface area contributed by atoms with E-state index in [4.69, 9.17) is 9.26 Å². The van der Waals surface area contributed by atoms with Gasteiger partial charge in [-0.15, -0.1) is 0 Å². The van der Waals surface area contributed by atoms with Gasteiger partial charge in [-0.05, 0) is 18.6 Å². The van der Waals surface area contributed by atoms with Crippen molar-refractivity contribution in [3.63, 3.8) is 0 Å². The first-order valence-electron chi connectivity index (χ1n) is 6.33. The lowest BCUT2D eigenvalue weighted by atomic mass is 10.2. The molecule has 5 nitrogen and oxygen atoms in total. The van der Waals surface area contributed by atoms with Crippen molar-refractivity contribution >= 4 is 0 Å². The second-order valence-corrected chi connectivity index (χ2v) is 4.76. The number of hydrogen-bond donors (Lipinski definition) is 1. The van der Waals surface area contributed by atoms with E-state index in [0.29, 0.717) is 18.9 Å². The molecular weight excluding hydrogens is 287 g/mol. The molecule has 2 atom stereocenters. The van der Waals surface area contributed by atoms with Gasteiger partial charge < -0.3 is 14.6 Å². The fourth-order valence-electron chi connectivity index (χ4n) is 2.25. The zero-order valence-electron chi connectivity index (χ0n) is 11.1. The SMILES string of the molecule is CO[C@@H]1CN[C@@H](c2nc(-c3cc(F)c(F)c(F)c3)no2)C1. The first kappa shape index (κ1) is 14.0. The van der Waals surface area contributed by atoms with E-state index >= 15 is 0 Å². The lowest BCUT2D eigenvalue weighted by molar-refractivity contribution is 0.116. The van der Waals surface area contributed by atoms with Crippen LogP contribution in [0.15, 0.2) is 16.7 Å². The molecule has 21 heavy (non-hydrogen) atoms. The summed E-state index contributed by atoms with van der Waals surface area (Å²) >= 11 is 0. The van der Waals surface area contributed by atoms with Crippen LogP contribution in [0.4, 0.5) is 13.2 Å². The second-order valence-electron chi connectivity index (χ2n) is 4.76. The van der Waals surface area contributed by atoms with Gasteiger partial charge in [-0.2, -0.15) is 4.98 Å². The molecule has 112 valence electrons. The Labute approximate surface area is 118 Å². The largest absolute Gasteiger partial charge is 0.380 e. The van der Waals surface area contributed by atoms with Crippen LogP contribution >= 0.6 is 0 Å². The summed E-state index contributed by atoms with van der Waals surface area (Å²) < 4.78 is 49.6. The van der Waals surface area contributed by atoms with Crippen LogP contribution in [-0.4, -0.2) is 29.9 Å². The fourth-order valence-corrected chi connectivity index (χ4v) is 2.25. The van der Waals surface area contributed by atoms with E-state index in [1.165, 1.54) is 0 Å². The number of ether oxygens (including phenoxy) is 1. The van der Waals surface area contributed by atoms with E-state index in [-0.39, 0.29) is 23.5 Å². The van der Waals surface area contributed by atoms with Gasteiger partial charge in [0.2, 0.25) is 11.7 Å². The molecule has 1 N–H and O–H groups in total. The van der Waals surface area contributed by atoms with Gasteiger partial charge in [-0.1, -0.05) is 5.16 Å². The Morgan fingerprint density at radius 3 is 2.62 bits per heavy atom. The molecule has 1 fully saturated rings. The van der Waals surface area contributed by atoms with E-state index < -0.39 is 17.5 Å². The highest BCUT2D eigenvalue weighted by Crippen LogP contribution is 2.26. The summed E-state index contributed by atoms with van der Waals surface area (Å²) in [6, 6.07) is 1.48. The Balaban J connectivity index is 1.85. The predicted molar refractivity (Wildman–Crippen MR) is 65.8 cm³/mol. The molecular formula is C13H12F3N3O2. The van der Waals surface area contributed by atoms with Crippen LogP contribution < -0.4 is 5.32 Å². The second kappa shape index (κ2) is 5.45. The third kappa shape index (κ3) is 2.64. The van der Waals surface area contributed by atoms with Gasteiger partial charge in [0.05, 0.1) is 12.1 Å². The van der Waals surface area contributed by atoms with Gasteiger partial charge in [-0.25, -0.2) is 13.2 Å². The highest BCUT2D eigenvalue weighted by molar-refractivity contribution is 5.54. The summed E-state index contributed by atoms with van der Waals surface area (Å²) in [6.45, 7) is 0.651. The van der Waals surface area contributed by atoms with Crippen molar-refractivity contribution in [2.24, 2.45) is 0 Å². The molecule has 0 amide bonds. The maximum Gasteiger partial charge on any atom is 0.244 e. The van der Waals surface area contributed by atoms with Gasteiger partial charge >= 0.3 is 0 Å². The topological polar surface area (TPSA) is 60.2 Å². The Kier molecular flexibility index (Phi) is 3.64. The molecule has 0 aliphatic carbocycles. The van der Waals surface area contributed by atoms with Crippen LogP contribution in [0.1, 0.15) is 18.4 Å². The highest BCUT2D eigenvalue weighted by Gasteiger charge is 2.29. The van der Waals surface area contributed by atoms with Crippen molar-refractivity contribution in [2.45, 2.75) is 18.6 Å². The summed E-state index contributed by atoms with van der Waals surface area (Å²) in [7, 11) is 1.61. The monoisotopic (exact) mass is 299 g/mol. The van der Waals surface area contributed by atoms with Crippen molar-refractivity contribution in [3.8, 4) is 11.4 Å². The number of methoxy groups -OCH3 is 1. The lowest BCUT2D eigenvalue weighted by Gasteiger charge is -2.04. The molecule has 8 heteroatoms. The van der Waals surface area contributed by atoms with Crippen molar-refractivity contribution in [3.05, 3.63) is 35.5 Å². The number of halogens is 3. The van der Waals surface area contributed by atoms with Gasteiger partial charge in [0.15, 0.2) is 17.5 Å². The van der Waals surface area contributed by atoms with Crippen LogP contribution in [0.2, 0.25) is 0 Å². The molecule has 1 aliphatic rings. The molecule has 0 spiro atoms. The van der Waals surface area contributed by atoms with Crippen LogP contribution in [0.5, 0.6) is 0 Å². The molecule has 1 aliphatic heterocycles. The lowest BCUT2D eigenvalue weighted by Crippen LogP contribution is -2.16. The molecule has 0 radical (unpaired) electrons. The van der Waals surface area contributed by atoms with Crippen molar-refractivity contribution in [1.82, 2.24) is 15.5 Å². The van der Waals surface area contributed by atoms with Gasteiger partial charge in [0, 0.05) is 19.2 Å². The standard InChI is InChI=1S/C13H12F3N3O2/c1-20-7-4-10(17-5-7)13-18-12(19-21-13)6-2-8(14)11(16)9(15)3-6/h2-3,7,10,17H,4-5H2,1H3/t7-,10+/m0/s1. The highest BCUT2D eigenvalue weighted by atomic mass is 19.2. The normalized spacial score (nSPS) is 21.9. The van der Waals surface area contributed by atoms with E-state index in [0.717, 1.165) is 12.1 Å². The van der Waals surface area contributed by atoms with Crippen molar-refractivity contribution in [2.75, 3.05) is 13.7 Å². The van der Waals surface area contributed by atoms with E-state index in [1.807, 2.05) is 0 Å². The summed E-state index contributed by atoms with van der Waals surface area (Å²) in [5.41, 5.74) is 0.0164. The third-order valence-corrected chi connectivity index (χ3v) is 3.41. The first-order chi connectivity index (χ1) is 10.1. The zero-order chi connectivity index (χ0) is 15.0. The van der Waals surface area contributed by atoms with E-state index in [2.05, 4.69) is 15.5 Å². The minimum atomic E-state index is -1.53. The summed E-state index contributed by atoms with van der Waals surface area (Å²) in [6.07, 6.45) is 0.704. The Hall–Kier alpha value is -1.93. The molecule has 2 aromatic rings. The summed E-state index contributed by atoms with van der Waals surface area (Å²) in [5.74, 6) is -3.81. The van der Waals surface area contributed by atoms with Gasteiger partial charge in [0.1, 0.15) is 0 Å². The minimum Gasteiger partial charge on any atom is -0.380 e. The predicted octanol–water partition coefficient (Wildman–Crippen LogP) is 2.20. The van der Waals surface area contributed by atoms with Gasteiger partial charge in [0.25, 0.3) is 0 Å². The van der Waals surface area contributed by atoms with Crippen LogP contribution in [0.3, 0.4) is 0 Å². The number of hydrogen-bond acceptors (Lipinski definition) is 5. The number of rotatable bonds is 3. The van der Waals surface area contributed by atoms with Gasteiger partial charge in [-0.3, -0.25) is 0 Å². The average Bonchev–Trinajstić information content (AvgIpc) is 3.12. The Bertz CT molecular complexity index is 639. The quantitative estimate of drug-likeness (QED) is 0.881. The maximum absolute atomic E-state index is 13.2. The maximum atomic E-state index is 13.2. The van der Waals surface area contributed by atoms with Crippen LogP contribution in [0, 0.1) is 17.5 Å². The van der Waals surface area contributed by atoms with E-state index in [9.17, 15) is 13.2 Å². The Morgan fingerprint density at radius 2 is 2.00 bits per heavy atom. The number of nitrogens with zero attached hydrogens (tertiary/aromatic N) is 2. The summed E-state index contributed by atoms with van der Waals surface area (Å²) in [5, 5.41) is 6.81.